The molecule has 0 saturated heterocycles. The molecule has 0 nitrogen and oxygen atoms in total. The Hall–Kier alpha value is -0.260. The molecule has 2 aliphatic carbocycles. The molecule has 0 heterocycles. The Bertz CT molecular complexity index is 214. The highest BCUT2D eigenvalue weighted by molar-refractivity contribution is 5.17. The zero-order chi connectivity index (χ0) is 8.93. The van der Waals surface area contributed by atoms with Gasteiger partial charge in [0.1, 0.15) is 0 Å². The summed E-state index contributed by atoms with van der Waals surface area (Å²) >= 11 is 0. The minimum atomic E-state index is 0.583. The number of hydrogen-bond donors (Lipinski definition) is 0. The van der Waals surface area contributed by atoms with Gasteiger partial charge >= 0.3 is 0 Å². The van der Waals surface area contributed by atoms with Crippen molar-refractivity contribution in [3.05, 3.63) is 12.2 Å². The second kappa shape index (κ2) is 2.37. The summed E-state index contributed by atoms with van der Waals surface area (Å²) in [6.07, 6.45) is 6.33. The average Bonchev–Trinajstić information content (AvgIpc) is 2.55. The van der Waals surface area contributed by atoms with Crippen LogP contribution in [0.4, 0.5) is 0 Å². The largest absolute Gasteiger partial charge is 0.0848 e. The number of rotatable bonds is 1. The maximum Gasteiger partial charge on any atom is -0.0168 e. The lowest BCUT2D eigenvalue weighted by atomic mass is 9.64. The van der Waals surface area contributed by atoms with Crippen LogP contribution in [0.15, 0.2) is 12.2 Å². The van der Waals surface area contributed by atoms with Crippen LogP contribution in [0.3, 0.4) is 0 Å². The van der Waals surface area contributed by atoms with Crippen molar-refractivity contribution in [2.45, 2.75) is 34.1 Å². The van der Waals surface area contributed by atoms with E-state index in [1.54, 1.807) is 0 Å². The van der Waals surface area contributed by atoms with Gasteiger partial charge in [-0.25, -0.2) is 0 Å². The van der Waals surface area contributed by atoms with Crippen LogP contribution in [0, 0.1) is 29.1 Å². The molecule has 4 unspecified atom stereocenters. The van der Waals surface area contributed by atoms with Crippen molar-refractivity contribution in [2.75, 3.05) is 0 Å². The van der Waals surface area contributed by atoms with Crippen LogP contribution in [0.5, 0.6) is 0 Å². The van der Waals surface area contributed by atoms with Crippen molar-refractivity contribution in [1.82, 2.24) is 0 Å². The summed E-state index contributed by atoms with van der Waals surface area (Å²) in [7, 11) is 0. The molecule has 1 saturated carbocycles. The standard InChI is InChI=1S/C12H20/c1-8(2)12(4)9(3)10-5-6-11(12)7-10/h5-6,8-11H,7H2,1-4H3. The maximum atomic E-state index is 2.48. The van der Waals surface area contributed by atoms with Crippen LogP contribution in [-0.2, 0) is 0 Å². The van der Waals surface area contributed by atoms with E-state index in [9.17, 15) is 0 Å². The molecule has 0 radical (unpaired) electrons. The van der Waals surface area contributed by atoms with Gasteiger partial charge in [-0.1, -0.05) is 39.8 Å². The van der Waals surface area contributed by atoms with Crippen LogP contribution < -0.4 is 0 Å². The fourth-order valence-corrected chi connectivity index (χ4v) is 3.31. The Morgan fingerprint density at radius 2 is 2.00 bits per heavy atom. The van der Waals surface area contributed by atoms with Crippen LogP contribution in [0.1, 0.15) is 34.1 Å². The summed E-state index contributed by atoms with van der Waals surface area (Å²) in [4.78, 5) is 0. The van der Waals surface area contributed by atoms with E-state index in [1.807, 2.05) is 0 Å². The Morgan fingerprint density at radius 3 is 2.33 bits per heavy atom. The quantitative estimate of drug-likeness (QED) is 0.520. The highest BCUT2D eigenvalue weighted by Crippen LogP contribution is 2.59. The topological polar surface area (TPSA) is 0 Å². The van der Waals surface area contributed by atoms with Crippen molar-refractivity contribution in [2.24, 2.45) is 29.1 Å². The summed E-state index contributed by atoms with van der Waals surface area (Å²) in [5, 5.41) is 0. The van der Waals surface area contributed by atoms with Crippen molar-refractivity contribution in [3.63, 3.8) is 0 Å². The van der Waals surface area contributed by atoms with Crippen molar-refractivity contribution in [3.8, 4) is 0 Å². The molecule has 0 aliphatic heterocycles. The first-order chi connectivity index (χ1) is 5.56. The zero-order valence-electron chi connectivity index (χ0n) is 8.67. The van der Waals surface area contributed by atoms with Crippen LogP contribution in [-0.4, -0.2) is 0 Å². The van der Waals surface area contributed by atoms with Gasteiger partial charge in [-0.3, -0.25) is 0 Å². The summed E-state index contributed by atoms with van der Waals surface area (Å²) in [6, 6.07) is 0. The van der Waals surface area contributed by atoms with Gasteiger partial charge in [-0.15, -0.1) is 0 Å². The lowest BCUT2D eigenvalue weighted by molar-refractivity contribution is 0.108. The number of hydrogen-bond acceptors (Lipinski definition) is 0. The number of fused-ring (bicyclic) bond motifs is 2. The zero-order valence-corrected chi connectivity index (χ0v) is 8.67. The van der Waals surface area contributed by atoms with Gasteiger partial charge in [0.2, 0.25) is 0 Å². The van der Waals surface area contributed by atoms with E-state index in [1.165, 1.54) is 6.42 Å². The lowest BCUT2D eigenvalue weighted by Gasteiger charge is -2.41. The predicted molar refractivity (Wildman–Crippen MR) is 52.8 cm³/mol. The number of allylic oxidation sites excluding steroid dienone is 2. The maximum absolute atomic E-state index is 2.48. The molecule has 68 valence electrons. The van der Waals surface area contributed by atoms with E-state index in [0.29, 0.717) is 5.41 Å². The first kappa shape index (κ1) is 8.34. The van der Waals surface area contributed by atoms with Crippen molar-refractivity contribution in [1.29, 1.82) is 0 Å². The molecule has 0 aromatic heterocycles. The van der Waals surface area contributed by atoms with E-state index in [4.69, 9.17) is 0 Å². The fraction of sp³-hybridized carbons (Fsp3) is 0.833. The predicted octanol–water partition coefficient (Wildman–Crippen LogP) is 3.49. The minimum Gasteiger partial charge on any atom is -0.0848 e. The third-order valence-corrected chi connectivity index (χ3v) is 4.78. The van der Waals surface area contributed by atoms with E-state index >= 15 is 0 Å². The molecule has 0 N–H and O–H groups in total. The van der Waals surface area contributed by atoms with E-state index in [2.05, 4.69) is 39.8 Å². The second-order valence-corrected chi connectivity index (χ2v) is 5.20. The van der Waals surface area contributed by atoms with Crippen molar-refractivity contribution >= 4 is 0 Å². The minimum absolute atomic E-state index is 0.583. The first-order valence-corrected chi connectivity index (χ1v) is 5.25. The highest BCUT2D eigenvalue weighted by atomic mass is 14.6. The van der Waals surface area contributed by atoms with Gasteiger partial charge in [-0.2, -0.15) is 0 Å². The molecule has 4 atom stereocenters. The molecule has 0 heteroatoms. The van der Waals surface area contributed by atoms with Gasteiger partial charge in [-0.05, 0) is 35.5 Å². The fourth-order valence-electron chi connectivity index (χ4n) is 3.31. The van der Waals surface area contributed by atoms with Gasteiger partial charge < -0.3 is 0 Å². The van der Waals surface area contributed by atoms with Gasteiger partial charge in [0.15, 0.2) is 0 Å². The molecule has 12 heavy (non-hydrogen) atoms. The van der Waals surface area contributed by atoms with Gasteiger partial charge in [0.25, 0.3) is 0 Å². The van der Waals surface area contributed by atoms with Crippen LogP contribution in [0.25, 0.3) is 0 Å². The first-order valence-electron chi connectivity index (χ1n) is 5.25. The third-order valence-electron chi connectivity index (χ3n) is 4.78. The molecule has 0 spiro atoms. The molecule has 2 aliphatic rings. The molecule has 2 rings (SSSR count). The summed E-state index contributed by atoms with van der Waals surface area (Å²) in [6.45, 7) is 9.68. The molecule has 0 aromatic carbocycles. The Morgan fingerprint density at radius 1 is 1.33 bits per heavy atom. The van der Waals surface area contributed by atoms with E-state index in [-0.39, 0.29) is 0 Å². The Kier molecular flexibility index (Phi) is 1.65. The molecular weight excluding hydrogens is 144 g/mol. The third kappa shape index (κ3) is 0.787. The molecule has 0 amide bonds. The SMILES string of the molecule is CC(C)C1(C)C2C=CC(C2)C1C. The highest BCUT2D eigenvalue weighted by Gasteiger charge is 2.51. The van der Waals surface area contributed by atoms with Crippen LogP contribution >= 0.6 is 0 Å². The molecule has 0 aromatic rings. The summed E-state index contributed by atoms with van der Waals surface area (Å²) in [5.74, 6) is 3.49. The van der Waals surface area contributed by atoms with Crippen molar-refractivity contribution < 1.29 is 0 Å². The lowest BCUT2D eigenvalue weighted by Crippen LogP contribution is -2.34. The molecule has 2 bridgehead atoms. The summed E-state index contributed by atoms with van der Waals surface area (Å²) < 4.78 is 0. The Labute approximate surface area is 76.1 Å². The molecular formula is C12H20. The summed E-state index contributed by atoms with van der Waals surface area (Å²) in [5.41, 5.74) is 0.583. The van der Waals surface area contributed by atoms with Crippen LogP contribution in [0.2, 0.25) is 0 Å². The van der Waals surface area contributed by atoms with Gasteiger partial charge in [0.05, 0.1) is 0 Å². The monoisotopic (exact) mass is 164 g/mol. The average molecular weight is 164 g/mol. The smallest absolute Gasteiger partial charge is 0.0168 e. The van der Waals surface area contributed by atoms with Gasteiger partial charge in [0, 0.05) is 0 Å². The normalized spacial score (nSPS) is 50.9. The van der Waals surface area contributed by atoms with E-state index in [0.717, 1.165) is 23.7 Å². The second-order valence-electron chi connectivity index (χ2n) is 5.20. The van der Waals surface area contributed by atoms with E-state index < -0.39 is 0 Å². The molecule has 1 fully saturated rings. The Balaban J connectivity index is 2.33.